The molecule has 3 aromatic heterocycles. The maximum absolute atomic E-state index is 13.7. The lowest BCUT2D eigenvalue weighted by Gasteiger charge is -2.28. The molecule has 3 saturated carbocycles. The third-order valence-corrected chi connectivity index (χ3v) is 32.9. The molecule has 34 nitrogen and oxygen atoms in total. The van der Waals surface area contributed by atoms with Gasteiger partial charge in [0.15, 0.2) is 87.8 Å². The third-order valence-electron chi connectivity index (χ3n) is 20.6. The molecule has 5 saturated heterocycles. The number of benzene rings is 3. The third kappa shape index (κ3) is 39.8. The molecule has 139 heavy (non-hydrogen) atoms. The Balaban J connectivity index is 0.000000293. The average molecular weight is 2270 g/mol. The highest BCUT2D eigenvalue weighted by atomic mass is 35.7. The first-order valence-corrected chi connectivity index (χ1v) is 55.4. The molecule has 0 bridgehead atoms. The second-order valence-corrected chi connectivity index (χ2v) is 45.6. The molecule has 6 atom stereocenters. The molecule has 5 aliphatic heterocycles. The van der Waals surface area contributed by atoms with Gasteiger partial charge >= 0.3 is 37.7 Å². The second kappa shape index (κ2) is 59.7. The molecular formula is C84H106Cl8F6N8O26S7. The number of aliphatic hydroxyl groups excluding tert-OH is 1. The molecule has 0 amide bonds. The lowest BCUT2D eigenvalue weighted by Crippen LogP contribution is -2.45. The molecule has 55 heteroatoms. The molecule has 14 rings (SSSR count). The molecule has 0 radical (unpaired) electrons. The van der Waals surface area contributed by atoms with E-state index in [1.165, 1.54) is 108 Å². The van der Waals surface area contributed by atoms with E-state index < -0.39 is 111 Å². The Hall–Kier alpha value is -5.89. The number of aliphatic hydroxyl groups is 1. The van der Waals surface area contributed by atoms with Crippen LogP contribution in [0.5, 0.6) is 34.5 Å². The summed E-state index contributed by atoms with van der Waals surface area (Å²) in [6.45, 7) is 7.34. The first-order chi connectivity index (χ1) is 64.7. The number of morpholine rings is 2. The van der Waals surface area contributed by atoms with Crippen molar-refractivity contribution in [1.82, 2.24) is 23.1 Å². The van der Waals surface area contributed by atoms with Gasteiger partial charge < -0.3 is 79.0 Å². The average Bonchev–Trinajstić information content (AvgIpc) is 1.81. The van der Waals surface area contributed by atoms with Gasteiger partial charge in [0.25, 0.3) is 0 Å². The lowest BCUT2D eigenvalue weighted by atomic mass is 10.0. The summed E-state index contributed by atoms with van der Waals surface area (Å²) < 4.78 is 237. The van der Waals surface area contributed by atoms with Gasteiger partial charge in [-0.25, -0.2) is 63.0 Å². The van der Waals surface area contributed by atoms with Gasteiger partial charge in [0.1, 0.15) is 48.4 Å². The minimum absolute atomic E-state index is 0. The zero-order chi connectivity index (χ0) is 99.0. The number of esters is 3. The van der Waals surface area contributed by atoms with Gasteiger partial charge in [0, 0.05) is 140 Å². The van der Waals surface area contributed by atoms with Crippen LogP contribution in [0, 0.1) is 17.8 Å². The Morgan fingerprint density at radius 3 is 1.03 bits per heavy atom. The van der Waals surface area contributed by atoms with Crippen molar-refractivity contribution in [1.29, 1.82) is 0 Å². The topological polar surface area (TPSA) is 467 Å². The number of carbonyl (C=O) groups excluding carboxylic acids is 3. The number of aromatic amines is 3. The smallest absolute Gasteiger partial charge is 0.387 e. The molecule has 8 aliphatic rings. The van der Waals surface area contributed by atoms with Crippen LogP contribution in [0.15, 0.2) is 116 Å². The van der Waals surface area contributed by atoms with Crippen molar-refractivity contribution in [3.63, 3.8) is 0 Å². The highest BCUT2D eigenvalue weighted by Gasteiger charge is 2.45. The number of pyridine rings is 3. The van der Waals surface area contributed by atoms with Gasteiger partial charge in [-0.15, -0.1) is 46.9 Å². The Morgan fingerprint density at radius 1 is 0.482 bits per heavy atom. The normalized spacial score (nSPS) is 18.5. The summed E-state index contributed by atoms with van der Waals surface area (Å²) in [5.74, 6) is -0.624. The number of aromatic nitrogens is 3. The van der Waals surface area contributed by atoms with Crippen molar-refractivity contribution >= 4 is 184 Å². The summed E-state index contributed by atoms with van der Waals surface area (Å²) in [6.07, 6.45) is 12.0. The molecule has 8 heterocycles. The van der Waals surface area contributed by atoms with Gasteiger partial charge in [-0.3, -0.25) is 4.90 Å². The van der Waals surface area contributed by atoms with Gasteiger partial charge in [0.05, 0.1) is 57.8 Å². The van der Waals surface area contributed by atoms with Crippen molar-refractivity contribution in [2.75, 3.05) is 140 Å². The van der Waals surface area contributed by atoms with Gasteiger partial charge in [-0.05, 0) is 116 Å². The number of H-pyrrole nitrogens is 3. The van der Waals surface area contributed by atoms with Crippen LogP contribution >= 0.6 is 127 Å². The molecule has 3 aromatic carbocycles. The fourth-order valence-electron chi connectivity index (χ4n) is 13.1. The van der Waals surface area contributed by atoms with Crippen LogP contribution in [-0.4, -0.2) is 267 Å². The number of sulfonamides is 3. The number of ether oxygens (including phenoxy) is 11. The van der Waals surface area contributed by atoms with E-state index in [4.69, 9.17) is 135 Å². The lowest BCUT2D eigenvalue weighted by molar-refractivity contribution is -0.378. The SMILES string of the molecule is C1COCCN1.C=CS(=O)(=O)N1CCS[C@H]1C(=O)O[C@@H](Cc1c(Cl)c[nH+]cc1Cl)c1ccc(OC(F)F)c(OCC2CC2)c1.C=CS(=O)(=O)N1CCS[C@H]1C(=O)O[C@@H](Cc1c(Cl)c[nH+]cc1Cl)c1ccc(OC(F)F)c(OCC2CC2)c1.CCO.O=C(O[C@@H](Cc1c(Cl)c[nH+]cc1Cl)c1ccc(OC(F)F)c(OCC2CC2)c1)[C@@H]1SCCN1S(=O)(=O)CCN1CCOCC1.O=S(=O)(Cl)CCCl.[OH-].[OH-].[OH-]. The summed E-state index contributed by atoms with van der Waals surface area (Å²) in [4.78, 5) is 50.7. The number of hydrogen-bond donors (Lipinski definition) is 2. The van der Waals surface area contributed by atoms with Gasteiger partial charge in [0.2, 0.25) is 39.1 Å². The summed E-state index contributed by atoms with van der Waals surface area (Å²) in [5.41, 5.74) is 2.61. The second-order valence-electron chi connectivity index (χ2n) is 30.6. The van der Waals surface area contributed by atoms with Crippen LogP contribution in [0.3, 0.4) is 0 Å². The van der Waals surface area contributed by atoms with E-state index in [0.29, 0.717) is 131 Å². The van der Waals surface area contributed by atoms with Crippen molar-refractivity contribution in [3.8, 4) is 34.5 Å². The van der Waals surface area contributed by atoms with Crippen LogP contribution in [0.2, 0.25) is 30.1 Å². The molecule has 3 aliphatic carbocycles. The van der Waals surface area contributed by atoms with Crippen LogP contribution < -0.4 is 48.7 Å². The number of alkyl halides is 7. The Bertz CT molecular complexity index is 5180. The molecule has 8 fully saturated rings. The number of hydrogen-bond acceptors (Lipinski definition) is 31. The van der Waals surface area contributed by atoms with Gasteiger partial charge in [-0.1, -0.05) is 101 Å². The zero-order valence-electron chi connectivity index (χ0n) is 74.3. The highest BCUT2D eigenvalue weighted by Crippen LogP contribution is 2.45. The van der Waals surface area contributed by atoms with Crippen molar-refractivity contribution in [3.05, 3.63) is 179 Å². The summed E-state index contributed by atoms with van der Waals surface area (Å²) in [7, 11) is -10.2. The molecule has 0 spiro atoms. The fraction of sp³-hybridized carbons (Fsp3) is 0.524. The van der Waals surface area contributed by atoms with Crippen LogP contribution in [0.25, 0.3) is 0 Å². The number of rotatable bonds is 40. The quantitative estimate of drug-likeness (QED) is 0.0119. The van der Waals surface area contributed by atoms with Crippen LogP contribution in [-0.2, 0) is 96.5 Å². The first kappa shape index (κ1) is 122. The predicted molar refractivity (Wildman–Crippen MR) is 511 cm³/mol. The zero-order valence-corrected chi connectivity index (χ0v) is 86.0. The van der Waals surface area contributed by atoms with E-state index in [-0.39, 0.29) is 134 Å². The number of thioether (sulfide) groups is 3. The van der Waals surface area contributed by atoms with E-state index >= 15 is 0 Å². The maximum atomic E-state index is 13.7. The van der Waals surface area contributed by atoms with E-state index in [0.717, 1.165) is 108 Å². The summed E-state index contributed by atoms with van der Waals surface area (Å²) in [6, 6.07) is 12.8. The number of nitrogens with one attached hydrogen (secondary N) is 4. The number of halogens is 14. The van der Waals surface area contributed by atoms with Crippen molar-refractivity contribution < 1.29 is 163 Å². The van der Waals surface area contributed by atoms with Crippen LogP contribution in [0.4, 0.5) is 26.3 Å². The standard InChI is InChI=1S/C28H33Cl2F2N3O7S2.2C24H24Cl2F2N2O6S2.C4H9NO.C2H4Cl2O2S.C2H6O.3H2O/c29-21-15-33-16-22(30)20(21)14-24(19-3-4-23(42-28(31)32)25(13-19)40-17-18-1-2-18)41-27(36)26-35(7-11-43-26)44(37,38)12-8-34-5-9-39-10-6-34;2*1-2-38(32,33)30-7-8-37-22(30)23(31)35-20(10-16-17(25)11-29-12-18(16)26)15-5-6-19(36-24(27)28)21(9-15)34-13-14-3-4-14;1-3-6-4-2-5-1;3-1-2-7(4,5)6;1-2-3;;;/h3-4,13,15-16,18,24,26,28H,1-2,5-12,14,17H2;2*2,5-6,9,11-12,14,20,22,24H,1,3-4,7-8,10,13H2;5H,1-4H2;1-2H2;3H,2H2,1H3;3*1H2/t24-,26-;2*20-,22-;;;;;;/m000....../s1. The summed E-state index contributed by atoms with van der Waals surface area (Å²) in [5, 5.41) is 10.7. The largest absolute Gasteiger partial charge is 0.870 e. The van der Waals surface area contributed by atoms with E-state index in [2.05, 4.69) is 47.6 Å². The maximum Gasteiger partial charge on any atom is 0.387 e. The fourth-order valence-corrected chi connectivity index (χ4v) is 24.2. The Labute approximate surface area is 853 Å². The Kier molecular flexibility index (Phi) is 52.3. The van der Waals surface area contributed by atoms with E-state index in [9.17, 15) is 74.4 Å². The molecule has 0 unspecified atom stereocenters. The van der Waals surface area contributed by atoms with Crippen molar-refractivity contribution in [2.24, 2.45) is 17.8 Å². The van der Waals surface area contributed by atoms with E-state index in [1.807, 2.05) is 4.90 Å². The molecular weight excluding hydrogens is 2160 g/mol. The van der Waals surface area contributed by atoms with Crippen molar-refractivity contribution in [2.45, 2.75) is 119 Å². The Morgan fingerprint density at radius 2 is 0.777 bits per heavy atom. The van der Waals surface area contributed by atoms with E-state index in [1.54, 1.807) is 6.92 Å². The number of nitrogens with zero attached hydrogens (tertiary/aromatic N) is 4. The van der Waals surface area contributed by atoms with Gasteiger partial charge in [-0.2, -0.15) is 39.3 Å². The molecule has 6 aromatic rings. The minimum Gasteiger partial charge on any atom is -0.870 e. The first-order valence-electron chi connectivity index (χ1n) is 42.3. The highest BCUT2D eigenvalue weighted by molar-refractivity contribution is 8.13. The molecule has 778 valence electrons. The minimum atomic E-state index is -3.88. The summed E-state index contributed by atoms with van der Waals surface area (Å²) >= 11 is 46.7. The number of carbonyl (C=O) groups is 3. The van der Waals surface area contributed by atoms with Crippen LogP contribution in [0.1, 0.15) is 97.1 Å². The predicted octanol–water partition coefficient (Wildman–Crippen LogP) is 13.7. The monoisotopic (exact) mass is 2260 g/mol. The molecule has 8 N–H and O–H groups in total.